The third-order valence-electron chi connectivity index (χ3n) is 4.26. The number of hydrogen-bond donors (Lipinski definition) is 1. The van der Waals surface area contributed by atoms with Crippen molar-refractivity contribution in [1.29, 1.82) is 0 Å². The summed E-state index contributed by atoms with van der Waals surface area (Å²) in [6.45, 7) is 12.8. The molecule has 0 aliphatic heterocycles. The fraction of sp³-hybridized carbons (Fsp3) is 0.474. The summed E-state index contributed by atoms with van der Waals surface area (Å²) in [5.74, 6) is 1.92. The van der Waals surface area contributed by atoms with Crippen LogP contribution < -0.4 is 5.73 Å². The maximum atomic E-state index is 6.41. The summed E-state index contributed by atoms with van der Waals surface area (Å²) in [6.07, 6.45) is 0.838. The van der Waals surface area contributed by atoms with E-state index in [1.165, 1.54) is 16.7 Å². The molecule has 2 rings (SSSR count). The van der Waals surface area contributed by atoms with Gasteiger partial charge in [0.1, 0.15) is 11.5 Å². The lowest BCUT2D eigenvalue weighted by Crippen LogP contribution is -2.15. The molecule has 0 fully saturated rings. The van der Waals surface area contributed by atoms with Crippen molar-refractivity contribution in [2.24, 2.45) is 5.73 Å². The van der Waals surface area contributed by atoms with Gasteiger partial charge in [0.15, 0.2) is 0 Å². The third kappa shape index (κ3) is 3.38. The average molecular weight is 285 g/mol. The molecule has 0 saturated heterocycles. The highest BCUT2D eigenvalue weighted by Crippen LogP contribution is 2.28. The number of hydrogen-bond acceptors (Lipinski definition) is 2. The second kappa shape index (κ2) is 5.69. The molecule has 1 atom stereocenters. The van der Waals surface area contributed by atoms with Crippen molar-refractivity contribution in [2.75, 3.05) is 0 Å². The Bertz CT molecular complexity index is 614. The highest BCUT2D eigenvalue weighted by Gasteiger charge is 2.19. The number of benzene rings is 1. The van der Waals surface area contributed by atoms with E-state index in [1.54, 1.807) is 0 Å². The summed E-state index contributed by atoms with van der Waals surface area (Å²) >= 11 is 0. The third-order valence-corrected chi connectivity index (χ3v) is 4.26. The van der Waals surface area contributed by atoms with Gasteiger partial charge in [0, 0.05) is 11.6 Å². The Hall–Kier alpha value is -1.54. The number of aryl methyl sites for hydroxylation is 2. The summed E-state index contributed by atoms with van der Waals surface area (Å²) in [6, 6.07) is 8.80. The number of furan rings is 1. The van der Waals surface area contributed by atoms with Crippen LogP contribution in [0.25, 0.3) is 0 Å². The molecule has 1 aromatic carbocycles. The van der Waals surface area contributed by atoms with Gasteiger partial charge in [0.25, 0.3) is 0 Å². The molecule has 2 nitrogen and oxygen atoms in total. The van der Waals surface area contributed by atoms with Crippen LogP contribution >= 0.6 is 0 Å². The van der Waals surface area contributed by atoms with Gasteiger partial charge in [-0.15, -0.1) is 0 Å². The van der Waals surface area contributed by atoms with E-state index in [1.807, 2.05) is 13.8 Å². The molecular weight excluding hydrogens is 258 g/mol. The van der Waals surface area contributed by atoms with Gasteiger partial charge >= 0.3 is 0 Å². The van der Waals surface area contributed by atoms with Crippen LogP contribution in [-0.2, 0) is 11.8 Å². The van der Waals surface area contributed by atoms with Gasteiger partial charge in [-0.2, -0.15) is 0 Å². The van der Waals surface area contributed by atoms with Crippen LogP contribution in [0.15, 0.2) is 28.7 Å². The van der Waals surface area contributed by atoms with Gasteiger partial charge in [0.2, 0.25) is 0 Å². The highest BCUT2D eigenvalue weighted by atomic mass is 16.3. The number of rotatable bonds is 3. The summed E-state index contributed by atoms with van der Waals surface area (Å²) in [5, 5.41) is 0. The zero-order valence-electron chi connectivity index (χ0n) is 14.1. The van der Waals surface area contributed by atoms with Crippen molar-refractivity contribution < 1.29 is 4.42 Å². The first-order chi connectivity index (χ1) is 9.70. The normalized spacial score (nSPS) is 13.5. The molecule has 0 spiro atoms. The Morgan fingerprint density at radius 3 is 2.00 bits per heavy atom. The molecule has 1 aromatic heterocycles. The SMILES string of the molecule is Cc1oc(C)c(C(N)Cc2ccc(C(C)(C)C)cc2)c1C. The van der Waals surface area contributed by atoms with Crippen LogP contribution in [0.1, 0.15) is 60.6 Å². The topological polar surface area (TPSA) is 39.2 Å². The smallest absolute Gasteiger partial charge is 0.106 e. The van der Waals surface area contributed by atoms with Gasteiger partial charge in [-0.05, 0) is 49.3 Å². The Kier molecular flexibility index (Phi) is 4.29. The molecule has 0 radical (unpaired) electrons. The molecule has 2 N–H and O–H groups in total. The summed E-state index contributed by atoms with van der Waals surface area (Å²) < 4.78 is 5.69. The summed E-state index contributed by atoms with van der Waals surface area (Å²) in [4.78, 5) is 0. The van der Waals surface area contributed by atoms with E-state index >= 15 is 0 Å². The monoisotopic (exact) mass is 285 g/mol. The van der Waals surface area contributed by atoms with Gasteiger partial charge in [-0.1, -0.05) is 45.0 Å². The minimum Gasteiger partial charge on any atom is -0.466 e. The first-order valence-corrected chi connectivity index (χ1v) is 7.61. The molecule has 21 heavy (non-hydrogen) atoms. The zero-order chi connectivity index (χ0) is 15.8. The largest absolute Gasteiger partial charge is 0.466 e. The zero-order valence-corrected chi connectivity index (χ0v) is 14.1. The number of nitrogens with two attached hydrogens (primary N) is 1. The molecule has 0 aliphatic rings. The van der Waals surface area contributed by atoms with Gasteiger partial charge < -0.3 is 10.2 Å². The minimum absolute atomic E-state index is 0.0112. The van der Waals surface area contributed by atoms with Crippen LogP contribution in [-0.4, -0.2) is 0 Å². The fourth-order valence-corrected chi connectivity index (χ4v) is 2.85. The van der Waals surface area contributed by atoms with E-state index in [-0.39, 0.29) is 11.5 Å². The lowest BCUT2D eigenvalue weighted by Gasteiger charge is -2.19. The maximum Gasteiger partial charge on any atom is 0.106 e. The minimum atomic E-state index is -0.0112. The van der Waals surface area contributed by atoms with E-state index in [2.05, 4.69) is 52.0 Å². The maximum absolute atomic E-state index is 6.41. The van der Waals surface area contributed by atoms with Crippen molar-refractivity contribution in [3.63, 3.8) is 0 Å². The first kappa shape index (κ1) is 15.8. The fourth-order valence-electron chi connectivity index (χ4n) is 2.85. The Labute approximate surface area is 128 Å². The van der Waals surface area contributed by atoms with Crippen LogP contribution in [0.2, 0.25) is 0 Å². The van der Waals surface area contributed by atoms with Gasteiger partial charge in [-0.25, -0.2) is 0 Å². The van der Waals surface area contributed by atoms with E-state index in [4.69, 9.17) is 10.2 Å². The molecule has 1 unspecified atom stereocenters. The van der Waals surface area contributed by atoms with Crippen molar-refractivity contribution in [3.8, 4) is 0 Å². The van der Waals surface area contributed by atoms with E-state index in [9.17, 15) is 0 Å². The molecule has 0 amide bonds. The van der Waals surface area contributed by atoms with E-state index in [0.29, 0.717) is 0 Å². The van der Waals surface area contributed by atoms with Crippen molar-refractivity contribution in [3.05, 3.63) is 58.0 Å². The molecule has 2 aromatic rings. The van der Waals surface area contributed by atoms with Crippen LogP contribution in [0, 0.1) is 20.8 Å². The lowest BCUT2D eigenvalue weighted by atomic mass is 9.86. The second-order valence-corrected chi connectivity index (χ2v) is 7.01. The van der Waals surface area contributed by atoms with Crippen LogP contribution in [0.3, 0.4) is 0 Å². The van der Waals surface area contributed by atoms with Crippen molar-refractivity contribution in [2.45, 2.75) is 59.4 Å². The van der Waals surface area contributed by atoms with Gasteiger partial charge in [-0.3, -0.25) is 0 Å². The first-order valence-electron chi connectivity index (χ1n) is 7.61. The van der Waals surface area contributed by atoms with E-state index < -0.39 is 0 Å². The van der Waals surface area contributed by atoms with E-state index in [0.717, 1.165) is 23.5 Å². The molecular formula is C19H27NO. The molecule has 0 bridgehead atoms. The molecule has 2 heteroatoms. The predicted octanol–water partition coefficient (Wildman–Crippen LogP) is 4.74. The Balaban J connectivity index is 2.18. The summed E-state index contributed by atoms with van der Waals surface area (Å²) in [7, 11) is 0. The van der Waals surface area contributed by atoms with Crippen molar-refractivity contribution >= 4 is 0 Å². The molecule has 114 valence electrons. The average Bonchev–Trinajstić information content (AvgIpc) is 2.62. The standard InChI is InChI=1S/C19H27NO/c1-12-13(2)21-14(3)18(12)17(20)11-15-7-9-16(10-8-15)19(4,5)6/h7-10,17H,11,20H2,1-6H3. The Morgan fingerprint density at radius 1 is 1.00 bits per heavy atom. The predicted molar refractivity (Wildman–Crippen MR) is 88.7 cm³/mol. The molecule has 1 heterocycles. The summed E-state index contributed by atoms with van der Waals surface area (Å²) in [5.41, 5.74) is 11.6. The highest BCUT2D eigenvalue weighted by molar-refractivity contribution is 5.36. The quantitative estimate of drug-likeness (QED) is 0.884. The lowest BCUT2D eigenvalue weighted by molar-refractivity contribution is 0.496. The van der Waals surface area contributed by atoms with Crippen LogP contribution in [0.4, 0.5) is 0 Å². The second-order valence-electron chi connectivity index (χ2n) is 7.01. The van der Waals surface area contributed by atoms with Crippen molar-refractivity contribution in [1.82, 2.24) is 0 Å². The van der Waals surface area contributed by atoms with Gasteiger partial charge in [0.05, 0.1) is 0 Å². The molecule has 0 saturated carbocycles. The molecule has 0 aliphatic carbocycles. The van der Waals surface area contributed by atoms with Crippen LogP contribution in [0.5, 0.6) is 0 Å². The Morgan fingerprint density at radius 2 is 1.57 bits per heavy atom.